The maximum absolute atomic E-state index is 11.3. The summed E-state index contributed by atoms with van der Waals surface area (Å²) in [6.45, 7) is 0. The van der Waals surface area contributed by atoms with E-state index in [1.165, 1.54) is 21.6 Å². The number of rotatable bonds is 7. The number of carboxylic acid groups (broad SMARTS) is 2. The highest BCUT2D eigenvalue weighted by molar-refractivity contribution is 8.77. The van der Waals surface area contributed by atoms with Gasteiger partial charge in [-0.1, -0.05) is 21.6 Å². The summed E-state index contributed by atoms with van der Waals surface area (Å²) < 4.78 is 0. The number of hydrogen-bond donors (Lipinski definition) is 2. The molecule has 0 unspecified atom stereocenters. The molecule has 0 heterocycles. The molecule has 0 radical (unpaired) electrons. The van der Waals surface area contributed by atoms with E-state index >= 15 is 0 Å². The second-order valence-corrected chi connectivity index (χ2v) is 9.42. The van der Waals surface area contributed by atoms with Gasteiger partial charge in [0.05, 0.1) is 22.3 Å². The Morgan fingerprint density at radius 3 is 1.38 bits per heavy atom. The zero-order valence-corrected chi connectivity index (χ0v) is 15.4. The molecular weight excluding hydrogens is 388 g/mol. The van der Waals surface area contributed by atoms with Crippen LogP contribution in [-0.2, 0) is 9.59 Å². The molecule has 0 aromatic heterocycles. The molecule has 0 amide bonds. The fourth-order valence-electron chi connectivity index (χ4n) is 3.50. The van der Waals surface area contributed by atoms with Crippen molar-refractivity contribution in [1.29, 1.82) is 0 Å². The van der Waals surface area contributed by atoms with Gasteiger partial charge in [-0.25, -0.2) is 0 Å². The Morgan fingerprint density at radius 1 is 0.769 bits per heavy atom. The summed E-state index contributed by atoms with van der Waals surface area (Å²) in [7, 11) is 2.43. The van der Waals surface area contributed by atoms with Gasteiger partial charge in [-0.2, -0.15) is 0 Å². The lowest BCUT2D eigenvalue weighted by atomic mass is 9.85. The van der Waals surface area contributed by atoms with E-state index in [9.17, 15) is 29.8 Å². The molecule has 2 aliphatic carbocycles. The third-order valence-electron chi connectivity index (χ3n) is 5.05. The first kappa shape index (κ1) is 20.7. The molecule has 6 atom stereocenters. The Labute approximate surface area is 156 Å². The second kappa shape index (κ2) is 8.89. The van der Waals surface area contributed by atoms with Crippen molar-refractivity contribution in [2.75, 3.05) is 0 Å². The smallest absolute Gasteiger partial charge is 0.306 e. The van der Waals surface area contributed by atoms with Crippen molar-refractivity contribution >= 4 is 33.5 Å². The minimum atomic E-state index is -1.03. The monoisotopic (exact) mass is 408 g/mol. The molecule has 0 aromatic carbocycles. The van der Waals surface area contributed by atoms with Crippen molar-refractivity contribution in [3.63, 3.8) is 0 Å². The van der Waals surface area contributed by atoms with Gasteiger partial charge in [0.25, 0.3) is 0 Å². The highest BCUT2D eigenvalue weighted by Crippen LogP contribution is 2.45. The van der Waals surface area contributed by atoms with E-state index in [0.29, 0.717) is 25.7 Å². The average molecular weight is 408 g/mol. The predicted molar refractivity (Wildman–Crippen MR) is 94.3 cm³/mol. The number of hydrogen-bond acceptors (Lipinski definition) is 8. The third-order valence-corrected chi connectivity index (χ3v) is 8.57. The van der Waals surface area contributed by atoms with Crippen molar-refractivity contribution in [3.8, 4) is 0 Å². The molecule has 2 rings (SSSR count). The Kier molecular flexibility index (Phi) is 7.09. The maximum Gasteiger partial charge on any atom is 0.306 e. The van der Waals surface area contributed by atoms with Crippen LogP contribution >= 0.6 is 21.6 Å². The van der Waals surface area contributed by atoms with Crippen LogP contribution in [-0.4, -0.2) is 54.6 Å². The van der Waals surface area contributed by atoms with Gasteiger partial charge >= 0.3 is 11.9 Å². The lowest BCUT2D eigenvalue weighted by Gasteiger charge is -2.31. The number of carboxylic acids is 2. The Balaban J connectivity index is 1.97. The van der Waals surface area contributed by atoms with Crippen molar-refractivity contribution in [1.82, 2.24) is 0 Å². The zero-order valence-electron chi connectivity index (χ0n) is 13.8. The van der Waals surface area contributed by atoms with Gasteiger partial charge in [0, 0.05) is 22.7 Å². The lowest BCUT2D eigenvalue weighted by molar-refractivity contribution is -0.526. The molecule has 2 aliphatic rings. The van der Waals surface area contributed by atoms with Gasteiger partial charge in [0.2, 0.25) is 12.1 Å². The fraction of sp³-hybridized carbons (Fsp3) is 0.857. The Morgan fingerprint density at radius 2 is 1.12 bits per heavy atom. The van der Waals surface area contributed by atoms with Gasteiger partial charge in [0.1, 0.15) is 0 Å². The van der Waals surface area contributed by atoms with Crippen molar-refractivity contribution < 1.29 is 29.6 Å². The topological polar surface area (TPSA) is 161 Å². The minimum absolute atomic E-state index is 0.0367. The van der Waals surface area contributed by atoms with Crippen LogP contribution in [0, 0.1) is 32.1 Å². The first-order valence-corrected chi connectivity index (χ1v) is 10.5. The Bertz CT molecular complexity index is 539. The van der Waals surface area contributed by atoms with Crippen LogP contribution in [0.2, 0.25) is 0 Å². The summed E-state index contributed by atoms with van der Waals surface area (Å²) in [5.74, 6) is -3.53. The van der Waals surface area contributed by atoms with Crippen LogP contribution < -0.4 is 0 Å². The third kappa shape index (κ3) is 5.00. The van der Waals surface area contributed by atoms with Crippen molar-refractivity contribution in [2.45, 2.75) is 61.1 Å². The molecule has 10 nitrogen and oxygen atoms in total. The van der Waals surface area contributed by atoms with E-state index in [1.54, 1.807) is 0 Å². The van der Waals surface area contributed by atoms with Crippen LogP contribution in [0.5, 0.6) is 0 Å². The molecule has 2 N–H and O–H groups in total. The quantitative estimate of drug-likeness (QED) is 0.363. The molecule has 0 aromatic rings. The summed E-state index contributed by atoms with van der Waals surface area (Å²) in [6.07, 6.45) is 1.36. The molecule has 0 saturated heterocycles. The summed E-state index contributed by atoms with van der Waals surface area (Å²) >= 11 is 0. The summed E-state index contributed by atoms with van der Waals surface area (Å²) in [5, 5.41) is 39.9. The molecule has 26 heavy (non-hydrogen) atoms. The van der Waals surface area contributed by atoms with E-state index in [4.69, 9.17) is 10.2 Å². The molecule has 0 aliphatic heterocycles. The maximum atomic E-state index is 11.3. The van der Waals surface area contributed by atoms with Crippen LogP contribution in [0.15, 0.2) is 0 Å². The van der Waals surface area contributed by atoms with Gasteiger partial charge in [0.15, 0.2) is 0 Å². The fourth-order valence-corrected chi connectivity index (χ4v) is 7.13. The summed E-state index contributed by atoms with van der Waals surface area (Å²) in [5.41, 5.74) is 0. The van der Waals surface area contributed by atoms with E-state index < -0.39 is 56.2 Å². The average Bonchev–Trinajstić information content (AvgIpc) is 2.59. The van der Waals surface area contributed by atoms with Crippen LogP contribution in [0.4, 0.5) is 0 Å². The number of nitrogens with zero attached hydrogens (tertiary/aromatic N) is 2. The van der Waals surface area contributed by atoms with Gasteiger partial charge in [-0.15, -0.1) is 0 Å². The van der Waals surface area contributed by atoms with Crippen LogP contribution in [0.3, 0.4) is 0 Å². The van der Waals surface area contributed by atoms with Crippen LogP contribution in [0.25, 0.3) is 0 Å². The standard InChI is InChI=1S/C14H20N2O8S2/c17-13(18)7-1-3-11(9(5-7)15(21)22)25-26-12-4-2-8(14(19)20)6-10(12)16(23)24/h7-12H,1-6H2,(H,17,18)(H,19,20)/t7-,8+,9-,10-,11+,12+/m0/s1. The van der Waals surface area contributed by atoms with Gasteiger partial charge < -0.3 is 10.2 Å². The molecule has 146 valence electrons. The number of nitro groups is 2. The normalized spacial score (nSPS) is 34.8. The Hall–Kier alpha value is -1.56. The summed E-state index contributed by atoms with van der Waals surface area (Å²) in [6, 6.07) is -1.99. The minimum Gasteiger partial charge on any atom is -0.481 e. The largest absolute Gasteiger partial charge is 0.481 e. The van der Waals surface area contributed by atoms with Crippen molar-refractivity contribution in [3.05, 3.63) is 20.2 Å². The number of carbonyl (C=O) groups is 2. The van der Waals surface area contributed by atoms with Gasteiger partial charge in [-0.05, 0) is 25.7 Å². The van der Waals surface area contributed by atoms with E-state index in [0.717, 1.165) is 0 Å². The molecule has 2 fully saturated rings. The first-order valence-electron chi connectivity index (χ1n) is 8.25. The SMILES string of the molecule is O=C(O)[C@@H]1CC[C@@H](SS[C@@H]2CC[C@H](C(=O)O)C[C@@H]2[N+](=O)[O-])[C@@H]([N+](=O)[O-])C1. The van der Waals surface area contributed by atoms with E-state index in [2.05, 4.69) is 0 Å². The second-order valence-electron chi connectivity index (χ2n) is 6.67. The molecule has 0 spiro atoms. The van der Waals surface area contributed by atoms with Gasteiger partial charge in [-0.3, -0.25) is 29.8 Å². The van der Waals surface area contributed by atoms with E-state index in [-0.39, 0.29) is 12.8 Å². The molecule has 12 heteroatoms. The molecule has 0 bridgehead atoms. The zero-order chi connectivity index (χ0) is 19.4. The van der Waals surface area contributed by atoms with Crippen LogP contribution in [0.1, 0.15) is 38.5 Å². The van der Waals surface area contributed by atoms with Crippen molar-refractivity contribution in [2.24, 2.45) is 11.8 Å². The number of aliphatic carboxylic acids is 2. The van der Waals surface area contributed by atoms with E-state index in [1.807, 2.05) is 0 Å². The lowest BCUT2D eigenvalue weighted by Crippen LogP contribution is -2.41. The molecular formula is C14H20N2O8S2. The predicted octanol–water partition coefficient (Wildman–Crippen LogP) is 2.17. The first-order chi connectivity index (χ1) is 12.2. The highest BCUT2D eigenvalue weighted by atomic mass is 33.1. The highest BCUT2D eigenvalue weighted by Gasteiger charge is 2.45. The summed E-state index contributed by atoms with van der Waals surface area (Å²) in [4.78, 5) is 43.8. The molecule has 2 saturated carbocycles.